The topological polar surface area (TPSA) is 115 Å². The van der Waals surface area contributed by atoms with Gasteiger partial charge in [0.05, 0.1) is 11.1 Å². The summed E-state index contributed by atoms with van der Waals surface area (Å²) >= 11 is 0. The van der Waals surface area contributed by atoms with E-state index in [1.807, 2.05) is 10.6 Å². The Morgan fingerprint density at radius 2 is 1.93 bits per heavy atom. The number of nitrogens with one attached hydrogen (secondary N) is 2. The highest BCUT2D eigenvalue weighted by atomic mass is 28.3. The lowest BCUT2D eigenvalue weighted by molar-refractivity contribution is -0.122. The maximum absolute atomic E-state index is 12.6. The van der Waals surface area contributed by atoms with E-state index in [0.29, 0.717) is 24.5 Å². The molecule has 3 aromatic heterocycles. The van der Waals surface area contributed by atoms with Gasteiger partial charge in [-0.1, -0.05) is 19.6 Å². The molecular weight excluding hydrogens is 388 g/mol. The largest absolute Gasteiger partial charge is 0.361 e. The van der Waals surface area contributed by atoms with E-state index in [1.165, 1.54) is 6.33 Å². The van der Waals surface area contributed by atoms with E-state index in [9.17, 15) is 9.59 Å². The zero-order valence-corrected chi connectivity index (χ0v) is 17.5. The van der Waals surface area contributed by atoms with Crippen molar-refractivity contribution in [2.45, 2.75) is 32.4 Å². The van der Waals surface area contributed by atoms with Crippen LogP contribution in [0.3, 0.4) is 0 Å². The molecule has 0 atom stereocenters. The summed E-state index contributed by atoms with van der Waals surface area (Å²) in [6, 6.07) is 4.72. The average molecular weight is 411 g/mol. The van der Waals surface area contributed by atoms with Crippen molar-refractivity contribution < 1.29 is 14.3 Å². The van der Waals surface area contributed by atoms with Crippen LogP contribution in [0.2, 0.25) is 25.7 Å². The standard InChI is InChI=1S/C19H22N6O3Si/c1-29(2,3)8-7-28-11-25-9-13(12-5-4-6-20-17(12)25)14-15(16-21-10-22-24-16)19(27)23-18(14)26/h4-6,9-10H,7-8,11H2,1-3H3,(H,21,22,24)(H,23,26,27). The molecule has 4 rings (SSSR count). The number of ether oxygens (including phenoxy) is 1. The maximum Gasteiger partial charge on any atom is 0.262 e. The van der Waals surface area contributed by atoms with Gasteiger partial charge in [-0.25, -0.2) is 9.97 Å². The molecule has 0 aromatic carbocycles. The number of carbonyl (C=O) groups is 2. The second-order valence-electron chi connectivity index (χ2n) is 8.09. The van der Waals surface area contributed by atoms with Crippen molar-refractivity contribution in [1.82, 2.24) is 30.0 Å². The van der Waals surface area contributed by atoms with Crippen LogP contribution in [0.1, 0.15) is 11.4 Å². The third-order valence-corrected chi connectivity index (χ3v) is 6.40. The lowest BCUT2D eigenvalue weighted by Gasteiger charge is -2.15. The Hall–Kier alpha value is -3.11. The third-order valence-electron chi connectivity index (χ3n) is 4.70. The SMILES string of the molecule is C[Si](C)(C)CCOCn1cc(C2=C(c3nc[nH]n3)C(=O)NC2=O)c2cccnc21. The Labute approximate surface area is 168 Å². The van der Waals surface area contributed by atoms with E-state index in [-0.39, 0.29) is 17.0 Å². The number of hydrogen-bond donors (Lipinski definition) is 2. The number of fused-ring (bicyclic) bond motifs is 1. The van der Waals surface area contributed by atoms with Crippen LogP contribution >= 0.6 is 0 Å². The number of amides is 2. The highest BCUT2D eigenvalue weighted by Crippen LogP contribution is 2.34. The fourth-order valence-corrected chi connectivity index (χ4v) is 3.97. The molecule has 10 heteroatoms. The molecule has 0 spiro atoms. The van der Waals surface area contributed by atoms with Crippen LogP contribution in [-0.2, 0) is 21.1 Å². The quantitative estimate of drug-likeness (QED) is 0.350. The van der Waals surface area contributed by atoms with Gasteiger partial charge in [-0.3, -0.25) is 20.0 Å². The van der Waals surface area contributed by atoms with Gasteiger partial charge in [0.2, 0.25) is 0 Å². The fourth-order valence-electron chi connectivity index (χ4n) is 3.22. The van der Waals surface area contributed by atoms with Crippen LogP contribution in [0.15, 0.2) is 30.9 Å². The predicted molar refractivity (Wildman–Crippen MR) is 110 cm³/mol. The van der Waals surface area contributed by atoms with Crippen molar-refractivity contribution in [3.63, 3.8) is 0 Å². The molecule has 0 saturated carbocycles. The van der Waals surface area contributed by atoms with Gasteiger partial charge in [-0.2, -0.15) is 5.10 Å². The number of pyridine rings is 1. The molecular formula is C19H22N6O3Si. The first-order chi connectivity index (χ1) is 13.8. The number of aromatic nitrogens is 5. The number of rotatable bonds is 7. The second kappa shape index (κ2) is 7.37. The summed E-state index contributed by atoms with van der Waals surface area (Å²) in [4.78, 5) is 33.5. The highest BCUT2D eigenvalue weighted by Gasteiger charge is 2.35. The summed E-state index contributed by atoms with van der Waals surface area (Å²) < 4.78 is 7.73. The van der Waals surface area contributed by atoms with Gasteiger partial charge in [-0.05, 0) is 18.2 Å². The van der Waals surface area contributed by atoms with E-state index in [4.69, 9.17) is 4.74 Å². The molecule has 0 radical (unpaired) electrons. The molecule has 4 heterocycles. The van der Waals surface area contributed by atoms with Gasteiger partial charge in [0, 0.05) is 38.0 Å². The molecule has 2 N–H and O–H groups in total. The average Bonchev–Trinajstić information content (AvgIpc) is 3.36. The Balaban J connectivity index is 1.74. The lowest BCUT2D eigenvalue weighted by atomic mass is 10.0. The van der Waals surface area contributed by atoms with Gasteiger partial charge in [0.1, 0.15) is 18.7 Å². The van der Waals surface area contributed by atoms with Crippen LogP contribution in [0.4, 0.5) is 0 Å². The summed E-state index contributed by atoms with van der Waals surface area (Å²) in [6.07, 6.45) is 4.86. The number of imide groups is 1. The first kappa shape index (κ1) is 19.2. The van der Waals surface area contributed by atoms with Crippen molar-refractivity contribution in [2.24, 2.45) is 0 Å². The molecule has 0 bridgehead atoms. The molecule has 0 aliphatic carbocycles. The summed E-state index contributed by atoms with van der Waals surface area (Å²) in [7, 11) is -1.19. The molecule has 1 aliphatic heterocycles. The fraction of sp³-hybridized carbons (Fsp3) is 0.316. The predicted octanol–water partition coefficient (Wildman–Crippen LogP) is 2.03. The Bertz CT molecular complexity index is 1110. The minimum atomic E-state index is -1.19. The number of hydrogen-bond acceptors (Lipinski definition) is 6. The summed E-state index contributed by atoms with van der Waals surface area (Å²) in [5.74, 6) is -0.808. The van der Waals surface area contributed by atoms with E-state index in [2.05, 4.69) is 45.1 Å². The van der Waals surface area contributed by atoms with Crippen LogP contribution in [0.5, 0.6) is 0 Å². The normalized spacial score (nSPS) is 14.9. The maximum atomic E-state index is 12.6. The minimum absolute atomic E-state index is 0.152. The van der Waals surface area contributed by atoms with Gasteiger partial charge in [0.15, 0.2) is 5.82 Å². The van der Waals surface area contributed by atoms with Crippen LogP contribution in [0, 0.1) is 0 Å². The number of aromatic amines is 1. The van der Waals surface area contributed by atoms with E-state index in [0.717, 1.165) is 11.4 Å². The summed E-state index contributed by atoms with van der Waals surface area (Å²) in [5.41, 5.74) is 1.68. The highest BCUT2D eigenvalue weighted by molar-refractivity contribution is 6.76. The number of carbonyl (C=O) groups excluding carboxylic acids is 2. The van der Waals surface area contributed by atoms with E-state index < -0.39 is 19.9 Å². The molecule has 2 amide bonds. The first-order valence-electron chi connectivity index (χ1n) is 9.33. The molecule has 9 nitrogen and oxygen atoms in total. The van der Waals surface area contributed by atoms with Gasteiger partial charge >= 0.3 is 0 Å². The van der Waals surface area contributed by atoms with Crippen molar-refractivity contribution in [3.05, 3.63) is 42.2 Å². The van der Waals surface area contributed by atoms with Gasteiger partial charge in [-0.15, -0.1) is 0 Å². The minimum Gasteiger partial charge on any atom is -0.361 e. The monoisotopic (exact) mass is 410 g/mol. The lowest BCUT2D eigenvalue weighted by Crippen LogP contribution is -2.23. The van der Waals surface area contributed by atoms with Crippen molar-refractivity contribution in [2.75, 3.05) is 6.61 Å². The van der Waals surface area contributed by atoms with Crippen molar-refractivity contribution >= 4 is 42.1 Å². The Morgan fingerprint density at radius 1 is 1.14 bits per heavy atom. The Kier molecular flexibility index (Phi) is 4.88. The molecule has 29 heavy (non-hydrogen) atoms. The molecule has 1 aliphatic rings. The molecule has 0 unspecified atom stereocenters. The number of H-pyrrole nitrogens is 1. The zero-order chi connectivity index (χ0) is 20.6. The molecule has 3 aromatic rings. The van der Waals surface area contributed by atoms with Crippen molar-refractivity contribution in [1.29, 1.82) is 0 Å². The first-order valence-corrected chi connectivity index (χ1v) is 13.0. The molecule has 150 valence electrons. The summed E-state index contributed by atoms with van der Waals surface area (Å²) in [6.45, 7) is 7.88. The van der Waals surface area contributed by atoms with E-state index >= 15 is 0 Å². The van der Waals surface area contributed by atoms with Crippen molar-refractivity contribution in [3.8, 4) is 0 Å². The zero-order valence-electron chi connectivity index (χ0n) is 16.5. The van der Waals surface area contributed by atoms with Crippen LogP contribution in [0.25, 0.3) is 22.2 Å². The van der Waals surface area contributed by atoms with Crippen LogP contribution < -0.4 is 5.32 Å². The number of nitrogens with zero attached hydrogens (tertiary/aromatic N) is 4. The van der Waals surface area contributed by atoms with E-state index in [1.54, 1.807) is 18.5 Å². The van der Waals surface area contributed by atoms with Gasteiger partial charge < -0.3 is 9.30 Å². The third kappa shape index (κ3) is 3.76. The second-order valence-corrected chi connectivity index (χ2v) is 13.7. The molecule has 0 fully saturated rings. The van der Waals surface area contributed by atoms with Crippen LogP contribution in [-0.4, -0.2) is 51.2 Å². The Morgan fingerprint density at radius 3 is 2.66 bits per heavy atom. The summed E-state index contributed by atoms with van der Waals surface area (Å²) in [5, 5.41) is 9.66. The molecule has 0 saturated heterocycles. The smallest absolute Gasteiger partial charge is 0.262 e. The van der Waals surface area contributed by atoms with Gasteiger partial charge in [0.25, 0.3) is 11.8 Å².